The first kappa shape index (κ1) is 9.57. The fourth-order valence-electron chi connectivity index (χ4n) is 2.20. The minimum Gasteiger partial charge on any atom is -0.367 e. The first-order valence-electron chi connectivity index (χ1n) is 5.20. The highest BCUT2D eigenvalue weighted by molar-refractivity contribution is 6.06. The highest BCUT2D eigenvalue weighted by atomic mass is 19.2. The number of carbonyl (C=O) groups excluding carboxylic acids is 1. The summed E-state index contributed by atoms with van der Waals surface area (Å²) in [5, 5.41) is 5.45. The van der Waals surface area contributed by atoms with Crippen molar-refractivity contribution in [2.75, 3.05) is 10.6 Å². The van der Waals surface area contributed by atoms with Crippen molar-refractivity contribution in [1.29, 1.82) is 0 Å². The number of nitrogens with one attached hydrogen (secondary N) is 2. The molecule has 0 bridgehead atoms. The van der Waals surface area contributed by atoms with E-state index in [1.807, 2.05) is 0 Å². The lowest BCUT2D eigenvalue weighted by Crippen LogP contribution is -2.57. The largest absolute Gasteiger partial charge is 0.367 e. The van der Waals surface area contributed by atoms with Gasteiger partial charge in [0.05, 0.1) is 11.4 Å². The molecule has 2 aliphatic rings. The number of fused-ring (bicyclic) bond motifs is 1. The summed E-state index contributed by atoms with van der Waals surface area (Å²) in [4.78, 5) is 11.8. The van der Waals surface area contributed by atoms with Crippen LogP contribution in [0.5, 0.6) is 0 Å². The highest BCUT2D eigenvalue weighted by Gasteiger charge is 2.47. The maximum Gasteiger partial charge on any atom is 0.250 e. The summed E-state index contributed by atoms with van der Waals surface area (Å²) in [5.41, 5.74) is -0.345. The molecule has 1 amide bonds. The van der Waals surface area contributed by atoms with E-state index in [1.165, 1.54) is 6.07 Å². The van der Waals surface area contributed by atoms with Gasteiger partial charge in [0.1, 0.15) is 5.54 Å². The third kappa shape index (κ3) is 1.08. The van der Waals surface area contributed by atoms with Gasteiger partial charge in [-0.1, -0.05) is 0 Å². The number of hydrogen-bond donors (Lipinski definition) is 2. The Morgan fingerprint density at radius 2 is 2.00 bits per heavy atom. The van der Waals surface area contributed by atoms with E-state index in [0.29, 0.717) is 18.5 Å². The van der Waals surface area contributed by atoms with Crippen molar-refractivity contribution in [3.63, 3.8) is 0 Å². The Morgan fingerprint density at radius 1 is 1.25 bits per heavy atom. The molecule has 0 aromatic heterocycles. The van der Waals surface area contributed by atoms with Crippen LogP contribution in [0.15, 0.2) is 12.1 Å². The van der Waals surface area contributed by atoms with E-state index < -0.39 is 17.2 Å². The van der Waals surface area contributed by atoms with Gasteiger partial charge < -0.3 is 10.6 Å². The predicted octanol–water partition coefficient (Wildman–Crippen LogP) is 2.25. The van der Waals surface area contributed by atoms with Gasteiger partial charge in [-0.3, -0.25) is 4.79 Å². The second-order valence-corrected chi connectivity index (χ2v) is 4.30. The number of amides is 1. The molecule has 5 heteroatoms. The summed E-state index contributed by atoms with van der Waals surface area (Å²) >= 11 is 0. The van der Waals surface area contributed by atoms with Crippen LogP contribution in [0.1, 0.15) is 19.3 Å². The Labute approximate surface area is 90.8 Å². The molecule has 1 saturated carbocycles. The topological polar surface area (TPSA) is 41.1 Å². The molecular formula is C11H10F2N2O. The Balaban J connectivity index is 2.09. The molecule has 1 heterocycles. The van der Waals surface area contributed by atoms with E-state index in [2.05, 4.69) is 10.6 Å². The molecule has 1 fully saturated rings. The van der Waals surface area contributed by atoms with Gasteiger partial charge >= 0.3 is 0 Å². The van der Waals surface area contributed by atoms with E-state index in [-0.39, 0.29) is 11.6 Å². The third-order valence-electron chi connectivity index (χ3n) is 3.35. The van der Waals surface area contributed by atoms with Crippen molar-refractivity contribution in [3.05, 3.63) is 23.8 Å². The van der Waals surface area contributed by atoms with Gasteiger partial charge in [-0.2, -0.15) is 0 Å². The van der Waals surface area contributed by atoms with E-state index in [0.717, 1.165) is 12.5 Å². The molecule has 1 aromatic rings. The van der Waals surface area contributed by atoms with Crippen LogP contribution >= 0.6 is 0 Å². The quantitative estimate of drug-likeness (QED) is 0.709. The van der Waals surface area contributed by atoms with Crippen molar-refractivity contribution in [3.8, 4) is 0 Å². The van der Waals surface area contributed by atoms with Gasteiger partial charge in [0.15, 0.2) is 11.6 Å². The SMILES string of the molecule is O=C1Nc2ccc(F)c(F)c2NC12CCC2. The predicted molar refractivity (Wildman–Crippen MR) is 55.2 cm³/mol. The van der Waals surface area contributed by atoms with Crippen molar-refractivity contribution in [1.82, 2.24) is 0 Å². The molecule has 2 N–H and O–H groups in total. The van der Waals surface area contributed by atoms with Gasteiger partial charge in [-0.05, 0) is 31.4 Å². The Bertz CT molecular complexity index is 483. The summed E-state index contributed by atoms with van der Waals surface area (Å²) in [6, 6.07) is 2.37. The number of halogens is 2. The van der Waals surface area contributed by atoms with Gasteiger partial charge in [0.2, 0.25) is 5.91 Å². The Hall–Kier alpha value is -1.65. The number of rotatable bonds is 0. The smallest absolute Gasteiger partial charge is 0.250 e. The summed E-state index contributed by atoms with van der Waals surface area (Å²) in [6.07, 6.45) is 2.25. The molecule has 1 aliphatic heterocycles. The van der Waals surface area contributed by atoms with Gasteiger partial charge in [0.25, 0.3) is 0 Å². The van der Waals surface area contributed by atoms with Gasteiger partial charge in [-0.25, -0.2) is 8.78 Å². The lowest BCUT2D eigenvalue weighted by molar-refractivity contribution is -0.123. The summed E-state index contributed by atoms with van der Waals surface area (Å²) in [6.45, 7) is 0. The number of benzene rings is 1. The first-order valence-corrected chi connectivity index (χ1v) is 5.20. The monoisotopic (exact) mass is 224 g/mol. The average molecular weight is 224 g/mol. The zero-order valence-corrected chi connectivity index (χ0v) is 8.44. The first-order chi connectivity index (χ1) is 7.62. The van der Waals surface area contributed by atoms with Gasteiger partial charge in [0, 0.05) is 0 Å². The fraction of sp³-hybridized carbons (Fsp3) is 0.364. The van der Waals surface area contributed by atoms with Crippen LogP contribution in [0.2, 0.25) is 0 Å². The highest BCUT2D eigenvalue weighted by Crippen LogP contribution is 2.43. The third-order valence-corrected chi connectivity index (χ3v) is 3.35. The van der Waals surface area contributed by atoms with Crippen LogP contribution < -0.4 is 10.6 Å². The molecular weight excluding hydrogens is 214 g/mol. The van der Waals surface area contributed by atoms with Gasteiger partial charge in [-0.15, -0.1) is 0 Å². The molecule has 1 aliphatic carbocycles. The van der Waals surface area contributed by atoms with Crippen LogP contribution in [0, 0.1) is 11.6 Å². The molecule has 0 radical (unpaired) electrons. The van der Waals surface area contributed by atoms with E-state index in [4.69, 9.17) is 0 Å². The van der Waals surface area contributed by atoms with Crippen molar-refractivity contribution < 1.29 is 13.6 Å². The fourth-order valence-corrected chi connectivity index (χ4v) is 2.20. The maximum atomic E-state index is 13.5. The standard InChI is InChI=1S/C11H10F2N2O/c12-6-2-3-7-9(8(6)13)15-11(4-1-5-11)10(16)14-7/h2-3,15H,1,4-5H2,(H,14,16). The Kier molecular flexibility index (Phi) is 1.75. The second-order valence-electron chi connectivity index (χ2n) is 4.30. The Morgan fingerprint density at radius 3 is 2.62 bits per heavy atom. The van der Waals surface area contributed by atoms with Crippen molar-refractivity contribution in [2.45, 2.75) is 24.8 Å². The summed E-state index contributed by atoms with van der Waals surface area (Å²) < 4.78 is 26.6. The van der Waals surface area contributed by atoms with E-state index in [9.17, 15) is 13.6 Å². The summed E-state index contributed by atoms with van der Waals surface area (Å²) in [5.74, 6) is -1.99. The van der Waals surface area contributed by atoms with E-state index in [1.54, 1.807) is 0 Å². The van der Waals surface area contributed by atoms with Crippen LogP contribution in [0.4, 0.5) is 20.2 Å². The van der Waals surface area contributed by atoms with Crippen molar-refractivity contribution >= 4 is 17.3 Å². The minimum absolute atomic E-state index is 0.0688. The van der Waals surface area contributed by atoms with E-state index >= 15 is 0 Å². The molecule has 16 heavy (non-hydrogen) atoms. The molecule has 84 valence electrons. The van der Waals surface area contributed by atoms with Crippen LogP contribution in [-0.4, -0.2) is 11.4 Å². The number of carbonyl (C=O) groups is 1. The van der Waals surface area contributed by atoms with Crippen LogP contribution in [0.3, 0.4) is 0 Å². The normalized spacial score (nSPS) is 20.8. The lowest BCUT2D eigenvalue weighted by atomic mass is 9.74. The minimum atomic E-state index is -0.927. The molecule has 3 rings (SSSR count). The van der Waals surface area contributed by atoms with Crippen LogP contribution in [-0.2, 0) is 4.79 Å². The average Bonchev–Trinajstić information content (AvgIpc) is 2.21. The molecule has 0 saturated heterocycles. The van der Waals surface area contributed by atoms with Crippen molar-refractivity contribution in [2.24, 2.45) is 0 Å². The summed E-state index contributed by atoms with van der Waals surface area (Å²) in [7, 11) is 0. The second kappa shape index (κ2) is 2.93. The molecule has 0 atom stereocenters. The molecule has 1 spiro atoms. The lowest BCUT2D eigenvalue weighted by Gasteiger charge is -2.44. The number of hydrogen-bond acceptors (Lipinski definition) is 2. The maximum absolute atomic E-state index is 13.5. The molecule has 1 aromatic carbocycles. The number of anilines is 2. The van der Waals surface area contributed by atoms with Crippen LogP contribution in [0.25, 0.3) is 0 Å². The molecule has 3 nitrogen and oxygen atoms in total. The zero-order valence-electron chi connectivity index (χ0n) is 8.44. The molecule has 0 unspecified atom stereocenters. The zero-order chi connectivity index (χ0) is 11.3.